The number of amides is 1. The molecule has 0 saturated heterocycles. The molecule has 1 aliphatic rings. The second kappa shape index (κ2) is 10.8. The molecule has 0 aliphatic heterocycles. The number of carbonyl (C=O) groups excluding carboxylic acids is 1. The van der Waals surface area contributed by atoms with Crippen molar-refractivity contribution in [1.29, 1.82) is 0 Å². The van der Waals surface area contributed by atoms with Crippen molar-refractivity contribution in [1.82, 2.24) is 24.6 Å². The Hall–Kier alpha value is -3.76. The maximum absolute atomic E-state index is 13.5. The zero-order valence-corrected chi connectivity index (χ0v) is 23.4. The molecule has 1 fully saturated rings. The summed E-state index contributed by atoms with van der Waals surface area (Å²) in [4.78, 5) is 18.2. The standard InChI is InChI=1S/C29H33N5O4S/c1-18-9-11-21(12-10-18)17-30-29(35)27-26(28-31-19(2)15-20(3)34(28)32-27)22-13-14-24(38-4)25(16-22)39(36,37)33-23-7-5-6-8-23/h9-16,23,33H,5-8,17H2,1-4H3,(H,30,35). The fraction of sp³-hybridized carbons (Fsp3) is 0.345. The Morgan fingerprint density at radius 1 is 1.05 bits per heavy atom. The van der Waals surface area contributed by atoms with Gasteiger partial charge in [-0.05, 0) is 62.9 Å². The molecule has 9 nitrogen and oxygen atoms in total. The summed E-state index contributed by atoms with van der Waals surface area (Å²) in [6.45, 7) is 6.10. The van der Waals surface area contributed by atoms with Gasteiger partial charge in [0.05, 0.1) is 12.7 Å². The Balaban J connectivity index is 1.60. The first-order chi connectivity index (χ1) is 18.7. The third-order valence-corrected chi connectivity index (χ3v) is 8.64. The van der Waals surface area contributed by atoms with Crippen LogP contribution in [-0.4, -0.2) is 42.1 Å². The lowest BCUT2D eigenvalue weighted by molar-refractivity contribution is 0.0946. The zero-order chi connectivity index (χ0) is 27.7. The first-order valence-corrected chi connectivity index (χ1v) is 14.6. The molecular weight excluding hydrogens is 514 g/mol. The van der Waals surface area contributed by atoms with Gasteiger partial charge < -0.3 is 10.1 Å². The number of rotatable bonds is 8. The molecule has 4 aromatic rings. The molecule has 1 amide bonds. The number of aryl methyl sites for hydroxylation is 3. The first kappa shape index (κ1) is 26.8. The van der Waals surface area contributed by atoms with Gasteiger partial charge in [-0.15, -0.1) is 0 Å². The van der Waals surface area contributed by atoms with Gasteiger partial charge in [0.2, 0.25) is 10.0 Å². The van der Waals surface area contributed by atoms with Gasteiger partial charge in [-0.3, -0.25) is 4.79 Å². The zero-order valence-electron chi connectivity index (χ0n) is 22.6. The van der Waals surface area contributed by atoms with Crippen LogP contribution in [0.1, 0.15) is 58.7 Å². The number of nitrogens with one attached hydrogen (secondary N) is 2. The molecule has 0 radical (unpaired) electrons. The number of methoxy groups -OCH3 is 1. The monoisotopic (exact) mass is 547 g/mol. The minimum absolute atomic E-state index is 0.0177. The van der Waals surface area contributed by atoms with E-state index in [9.17, 15) is 13.2 Å². The average molecular weight is 548 g/mol. The van der Waals surface area contributed by atoms with Gasteiger partial charge in [0.1, 0.15) is 10.6 Å². The van der Waals surface area contributed by atoms with E-state index in [0.717, 1.165) is 48.2 Å². The van der Waals surface area contributed by atoms with Crippen molar-refractivity contribution < 1.29 is 17.9 Å². The Morgan fingerprint density at radius 2 is 1.77 bits per heavy atom. The summed E-state index contributed by atoms with van der Waals surface area (Å²) in [6, 6.07) is 14.6. The predicted octanol–water partition coefficient (Wildman–Crippen LogP) is 4.48. The first-order valence-electron chi connectivity index (χ1n) is 13.1. The van der Waals surface area contributed by atoms with E-state index in [2.05, 4.69) is 20.1 Å². The van der Waals surface area contributed by atoms with Gasteiger partial charge in [-0.25, -0.2) is 22.6 Å². The van der Waals surface area contributed by atoms with Gasteiger partial charge in [0.15, 0.2) is 11.3 Å². The number of hydrogen-bond acceptors (Lipinski definition) is 6. The maximum atomic E-state index is 13.5. The molecule has 5 rings (SSSR count). The van der Waals surface area contributed by atoms with Crippen LogP contribution in [0.3, 0.4) is 0 Å². The SMILES string of the molecule is COc1ccc(-c2c(C(=O)NCc3ccc(C)cc3)nn3c(C)cc(C)nc23)cc1S(=O)(=O)NC1CCCC1. The van der Waals surface area contributed by atoms with Crippen LogP contribution in [0.2, 0.25) is 0 Å². The normalized spacial score (nSPS) is 14.2. The van der Waals surface area contributed by atoms with Crippen molar-refractivity contribution in [2.75, 3.05) is 7.11 Å². The summed E-state index contributed by atoms with van der Waals surface area (Å²) >= 11 is 0. The Kier molecular flexibility index (Phi) is 7.42. The molecule has 2 aromatic heterocycles. The Labute approximate surface area is 228 Å². The van der Waals surface area contributed by atoms with Crippen LogP contribution >= 0.6 is 0 Å². The Morgan fingerprint density at radius 3 is 2.46 bits per heavy atom. The van der Waals surface area contributed by atoms with Crippen LogP contribution in [0, 0.1) is 20.8 Å². The highest BCUT2D eigenvalue weighted by atomic mass is 32.2. The van der Waals surface area contributed by atoms with Gasteiger partial charge in [-0.2, -0.15) is 5.10 Å². The van der Waals surface area contributed by atoms with Gasteiger partial charge in [-0.1, -0.05) is 48.7 Å². The molecule has 0 atom stereocenters. The number of hydrogen-bond donors (Lipinski definition) is 2. The molecule has 204 valence electrons. The van der Waals surface area contributed by atoms with Crippen LogP contribution < -0.4 is 14.8 Å². The average Bonchev–Trinajstić information content (AvgIpc) is 3.55. The molecule has 2 heterocycles. The van der Waals surface area contributed by atoms with Crippen molar-refractivity contribution in [3.05, 3.63) is 76.7 Å². The lowest BCUT2D eigenvalue weighted by Gasteiger charge is -2.16. The molecule has 2 N–H and O–H groups in total. The molecule has 1 saturated carbocycles. The fourth-order valence-corrected chi connectivity index (χ4v) is 6.59. The highest BCUT2D eigenvalue weighted by molar-refractivity contribution is 7.89. The van der Waals surface area contributed by atoms with E-state index < -0.39 is 10.0 Å². The molecule has 0 unspecified atom stereocenters. The third kappa shape index (κ3) is 5.53. The van der Waals surface area contributed by atoms with Crippen molar-refractivity contribution >= 4 is 21.6 Å². The summed E-state index contributed by atoms with van der Waals surface area (Å²) in [6.07, 6.45) is 3.61. The summed E-state index contributed by atoms with van der Waals surface area (Å²) in [5.41, 5.74) is 5.28. The summed E-state index contributed by atoms with van der Waals surface area (Å²) in [5.74, 6) is -0.149. The smallest absolute Gasteiger partial charge is 0.272 e. The lowest BCUT2D eigenvalue weighted by atomic mass is 10.0. The van der Waals surface area contributed by atoms with Gasteiger partial charge >= 0.3 is 0 Å². The van der Waals surface area contributed by atoms with Crippen molar-refractivity contribution in [3.8, 4) is 16.9 Å². The number of sulfonamides is 1. The predicted molar refractivity (Wildman–Crippen MR) is 149 cm³/mol. The Bertz CT molecular complexity index is 1640. The van der Waals surface area contributed by atoms with Crippen molar-refractivity contribution in [2.24, 2.45) is 0 Å². The van der Waals surface area contributed by atoms with E-state index in [1.807, 2.05) is 51.1 Å². The topological polar surface area (TPSA) is 115 Å². The van der Waals surface area contributed by atoms with Crippen LogP contribution in [0.15, 0.2) is 53.4 Å². The van der Waals surface area contributed by atoms with E-state index in [4.69, 9.17) is 4.74 Å². The highest BCUT2D eigenvalue weighted by Crippen LogP contribution is 2.35. The minimum atomic E-state index is -3.88. The number of nitrogens with zero attached hydrogens (tertiary/aromatic N) is 3. The third-order valence-electron chi connectivity index (χ3n) is 7.10. The van der Waals surface area contributed by atoms with Crippen LogP contribution in [0.5, 0.6) is 5.75 Å². The van der Waals surface area contributed by atoms with Crippen LogP contribution in [0.25, 0.3) is 16.8 Å². The van der Waals surface area contributed by atoms with E-state index in [1.165, 1.54) is 7.11 Å². The highest BCUT2D eigenvalue weighted by Gasteiger charge is 2.28. The molecule has 0 spiro atoms. The number of fused-ring (bicyclic) bond motifs is 1. The lowest BCUT2D eigenvalue weighted by Crippen LogP contribution is -2.32. The molecule has 0 bridgehead atoms. The fourth-order valence-electron chi connectivity index (χ4n) is 5.09. The van der Waals surface area contributed by atoms with Crippen molar-refractivity contribution in [3.63, 3.8) is 0 Å². The molecule has 2 aromatic carbocycles. The summed E-state index contributed by atoms with van der Waals surface area (Å²) in [5, 5.41) is 7.58. The van der Waals surface area contributed by atoms with E-state index in [0.29, 0.717) is 23.3 Å². The van der Waals surface area contributed by atoms with Crippen LogP contribution in [0.4, 0.5) is 0 Å². The summed E-state index contributed by atoms with van der Waals surface area (Å²) in [7, 11) is -2.43. The van der Waals surface area contributed by atoms with Gasteiger partial charge in [0.25, 0.3) is 5.91 Å². The quantitative estimate of drug-likeness (QED) is 0.336. The molecule has 10 heteroatoms. The minimum Gasteiger partial charge on any atom is -0.495 e. The largest absolute Gasteiger partial charge is 0.495 e. The number of benzene rings is 2. The van der Waals surface area contributed by atoms with Crippen LogP contribution in [-0.2, 0) is 16.6 Å². The number of aromatic nitrogens is 3. The van der Waals surface area contributed by atoms with E-state index >= 15 is 0 Å². The summed E-state index contributed by atoms with van der Waals surface area (Å²) < 4.78 is 36.8. The van der Waals surface area contributed by atoms with Gasteiger partial charge in [0, 0.05) is 24.0 Å². The van der Waals surface area contributed by atoms with E-state index in [1.54, 1.807) is 22.7 Å². The molecule has 1 aliphatic carbocycles. The van der Waals surface area contributed by atoms with Crippen molar-refractivity contribution in [2.45, 2.75) is 63.9 Å². The second-order valence-corrected chi connectivity index (χ2v) is 11.8. The maximum Gasteiger partial charge on any atom is 0.272 e. The molecule has 39 heavy (non-hydrogen) atoms. The van der Waals surface area contributed by atoms with E-state index in [-0.39, 0.29) is 28.3 Å². The second-order valence-electron chi connectivity index (χ2n) is 10.1. The molecular formula is C29H33N5O4S. The number of carbonyl (C=O) groups is 1. The number of ether oxygens (including phenoxy) is 1.